The summed E-state index contributed by atoms with van der Waals surface area (Å²) in [6.07, 6.45) is 2.02. The first-order valence-electron chi connectivity index (χ1n) is 8.56. The topological polar surface area (TPSA) is 56.0 Å². The molecule has 0 spiro atoms. The molecule has 2 heterocycles. The van der Waals surface area contributed by atoms with Crippen molar-refractivity contribution in [3.05, 3.63) is 82.8 Å². The predicted molar refractivity (Wildman–Crippen MR) is 103 cm³/mol. The summed E-state index contributed by atoms with van der Waals surface area (Å²) >= 11 is 0. The third-order valence-electron chi connectivity index (χ3n) is 4.72. The number of carbonyl (C=O) groups excluding carboxylic acids is 1. The van der Waals surface area contributed by atoms with Gasteiger partial charge in [-0.25, -0.2) is 0 Å². The smallest absolute Gasteiger partial charge is 0.252 e. The van der Waals surface area contributed by atoms with Crippen molar-refractivity contribution < 1.29 is 4.79 Å². The number of fused-ring (bicyclic) bond motifs is 2. The largest absolute Gasteiger partial charge is 0.350 e. The second kappa shape index (κ2) is 6.52. The Hall–Kier alpha value is -3.34. The molecule has 5 nitrogen and oxygen atoms in total. The number of pyridine rings is 1. The van der Waals surface area contributed by atoms with Gasteiger partial charge in [-0.05, 0) is 23.6 Å². The van der Waals surface area contributed by atoms with Crippen molar-refractivity contribution in [1.82, 2.24) is 14.5 Å². The number of rotatable bonds is 4. The van der Waals surface area contributed by atoms with E-state index in [-0.39, 0.29) is 11.5 Å². The van der Waals surface area contributed by atoms with E-state index in [0.29, 0.717) is 18.7 Å². The zero-order chi connectivity index (χ0) is 18.1. The summed E-state index contributed by atoms with van der Waals surface area (Å²) in [6.45, 7) is 1.16. The molecule has 0 aliphatic heterocycles. The van der Waals surface area contributed by atoms with E-state index < -0.39 is 0 Å². The van der Waals surface area contributed by atoms with E-state index in [4.69, 9.17) is 0 Å². The van der Waals surface area contributed by atoms with Crippen LogP contribution in [0.15, 0.2) is 71.7 Å². The number of hydrogen-bond acceptors (Lipinski definition) is 2. The number of benzene rings is 2. The predicted octanol–water partition coefficient (Wildman–Crippen LogP) is 2.92. The number of aromatic nitrogens is 2. The van der Waals surface area contributed by atoms with Gasteiger partial charge in [-0.3, -0.25) is 9.59 Å². The number of nitrogens with zero attached hydrogens (tertiary/aromatic N) is 2. The molecule has 0 atom stereocenters. The number of nitrogens with one attached hydrogen (secondary N) is 1. The van der Waals surface area contributed by atoms with Crippen molar-refractivity contribution in [2.24, 2.45) is 7.05 Å². The van der Waals surface area contributed by atoms with Crippen LogP contribution in [0.3, 0.4) is 0 Å². The fraction of sp³-hybridized carbons (Fsp3) is 0.143. The van der Waals surface area contributed by atoms with Gasteiger partial charge in [-0.15, -0.1) is 0 Å². The van der Waals surface area contributed by atoms with Crippen LogP contribution in [-0.4, -0.2) is 21.6 Å². The lowest BCUT2D eigenvalue weighted by atomic mass is 10.1. The molecule has 4 rings (SSSR count). The van der Waals surface area contributed by atoms with Crippen LogP contribution in [0.25, 0.3) is 21.8 Å². The van der Waals surface area contributed by atoms with Crippen LogP contribution in [0.4, 0.5) is 0 Å². The number of amides is 1. The van der Waals surface area contributed by atoms with E-state index >= 15 is 0 Å². The second-order valence-corrected chi connectivity index (χ2v) is 6.30. The number of hydrogen-bond donors (Lipinski definition) is 1. The molecular weight excluding hydrogens is 326 g/mol. The Morgan fingerprint density at radius 3 is 2.58 bits per heavy atom. The van der Waals surface area contributed by atoms with Gasteiger partial charge in [0, 0.05) is 43.3 Å². The van der Waals surface area contributed by atoms with E-state index in [2.05, 4.69) is 28.1 Å². The van der Waals surface area contributed by atoms with E-state index in [1.54, 1.807) is 11.6 Å². The Bertz CT molecular complexity index is 1170. The van der Waals surface area contributed by atoms with Crippen molar-refractivity contribution >= 4 is 27.7 Å². The lowest BCUT2D eigenvalue weighted by Gasteiger charge is -2.11. The molecule has 0 aliphatic rings. The minimum absolute atomic E-state index is 0.190. The van der Waals surface area contributed by atoms with Gasteiger partial charge in [0.25, 0.3) is 11.5 Å². The van der Waals surface area contributed by atoms with Gasteiger partial charge >= 0.3 is 0 Å². The van der Waals surface area contributed by atoms with Gasteiger partial charge in [0.2, 0.25) is 0 Å². The van der Waals surface area contributed by atoms with Gasteiger partial charge in [0.15, 0.2) is 0 Å². The third-order valence-corrected chi connectivity index (χ3v) is 4.72. The fourth-order valence-corrected chi connectivity index (χ4v) is 3.32. The van der Waals surface area contributed by atoms with E-state index in [9.17, 15) is 9.59 Å². The van der Waals surface area contributed by atoms with E-state index in [1.165, 1.54) is 11.5 Å². The first-order valence-corrected chi connectivity index (χ1v) is 8.56. The highest BCUT2D eigenvalue weighted by Crippen LogP contribution is 2.17. The Labute approximate surface area is 150 Å². The van der Waals surface area contributed by atoms with Crippen molar-refractivity contribution in [3.8, 4) is 0 Å². The van der Waals surface area contributed by atoms with Crippen LogP contribution in [0, 0.1) is 0 Å². The molecule has 0 bridgehead atoms. The van der Waals surface area contributed by atoms with Gasteiger partial charge in [-0.2, -0.15) is 0 Å². The number of carbonyl (C=O) groups is 1. The number of para-hydroxylation sites is 2. The molecule has 0 fully saturated rings. The van der Waals surface area contributed by atoms with Gasteiger partial charge in [0.05, 0.1) is 11.1 Å². The highest BCUT2D eigenvalue weighted by atomic mass is 16.2. The van der Waals surface area contributed by atoms with Crippen LogP contribution < -0.4 is 10.9 Å². The van der Waals surface area contributed by atoms with Crippen LogP contribution >= 0.6 is 0 Å². The average Bonchev–Trinajstić information content (AvgIpc) is 3.08. The Morgan fingerprint density at radius 1 is 1.00 bits per heavy atom. The molecule has 1 N–H and O–H groups in total. The summed E-state index contributed by atoms with van der Waals surface area (Å²) in [5.74, 6) is -0.227. The summed E-state index contributed by atoms with van der Waals surface area (Å²) in [6, 6.07) is 19.0. The van der Waals surface area contributed by atoms with Crippen LogP contribution in [-0.2, 0) is 13.6 Å². The quantitative estimate of drug-likeness (QED) is 0.618. The molecule has 5 heteroatoms. The molecular formula is C21H19N3O2. The summed E-state index contributed by atoms with van der Waals surface area (Å²) in [7, 11) is 1.71. The molecule has 4 aromatic rings. The van der Waals surface area contributed by atoms with Crippen molar-refractivity contribution in [2.75, 3.05) is 6.54 Å². The molecule has 0 saturated heterocycles. The van der Waals surface area contributed by atoms with E-state index in [0.717, 1.165) is 16.4 Å². The van der Waals surface area contributed by atoms with E-state index in [1.807, 2.05) is 42.6 Å². The fourth-order valence-electron chi connectivity index (χ4n) is 3.32. The van der Waals surface area contributed by atoms with Crippen molar-refractivity contribution in [2.45, 2.75) is 6.54 Å². The molecule has 1 amide bonds. The summed E-state index contributed by atoms with van der Waals surface area (Å²) in [5.41, 5.74) is 2.12. The molecule has 2 aromatic carbocycles. The van der Waals surface area contributed by atoms with Gasteiger partial charge < -0.3 is 14.5 Å². The molecule has 130 valence electrons. The third kappa shape index (κ3) is 2.77. The van der Waals surface area contributed by atoms with Gasteiger partial charge in [0.1, 0.15) is 0 Å². The first kappa shape index (κ1) is 16.1. The highest BCUT2D eigenvalue weighted by molar-refractivity contribution is 6.06. The molecule has 0 radical (unpaired) electrons. The molecule has 2 aromatic heterocycles. The number of aryl methyl sites for hydroxylation is 1. The zero-order valence-electron chi connectivity index (χ0n) is 14.5. The average molecular weight is 345 g/mol. The monoisotopic (exact) mass is 345 g/mol. The molecule has 0 saturated carbocycles. The Kier molecular flexibility index (Phi) is 4.05. The zero-order valence-corrected chi connectivity index (χ0v) is 14.5. The maximum Gasteiger partial charge on any atom is 0.252 e. The minimum atomic E-state index is -0.227. The maximum atomic E-state index is 12.6. The molecule has 0 unspecified atom stereocenters. The highest BCUT2D eigenvalue weighted by Gasteiger charge is 2.13. The standard InChI is InChI=1S/C21H19N3O2/c1-23-19-9-5-3-7-16(19)17(14-20(23)25)21(26)22-11-13-24-12-10-15-6-2-4-8-18(15)24/h2-10,12,14H,11,13H2,1H3,(H,22,26). The van der Waals surface area contributed by atoms with Crippen LogP contribution in [0.2, 0.25) is 0 Å². The van der Waals surface area contributed by atoms with Crippen LogP contribution in [0.5, 0.6) is 0 Å². The lowest BCUT2D eigenvalue weighted by molar-refractivity contribution is 0.0954. The van der Waals surface area contributed by atoms with Gasteiger partial charge in [-0.1, -0.05) is 36.4 Å². The summed E-state index contributed by atoms with van der Waals surface area (Å²) in [4.78, 5) is 24.8. The van der Waals surface area contributed by atoms with Crippen molar-refractivity contribution in [1.29, 1.82) is 0 Å². The molecule has 26 heavy (non-hydrogen) atoms. The lowest BCUT2D eigenvalue weighted by Crippen LogP contribution is -2.29. The first-order chi connectivity index (χ1) is 12.6. The second-order valence-electron chi connectivity index (χ2n) is 6.30. The minimum Gasteiger partial charge on any atom is -0.350 e. The maximum absolute atomic E-state index is 12.6. The SMILES string of the molecule is Cn1c(=O)cc(C(=O)NCCn2ccc3ccccc32)c2ccccc21. The van der Waals surface area contributed by atoms with Crippen LogP contribution in [0.1, 0.15) is 10.4 Å². The molecule has 0 aliphatic carbocycles. The van der Waals surface area contributed by atoms with Crippen molar-refractivity contribution in [3.63, 3.8) is 0 Å². The Balaban J connectivity index is 1.55. The normalized spacial score (nSPS) is 11.1. The summed E-state index contributed by atoms with van der Waals surface area (Å²) in [5, 5.41) is 4.89. The Morgan fingerprint density at radius 2 is 1.73 bits per heavy atom. The summed E-state index contributed by atoms with van der Waals surface area (Å²) < 4.78 is 3.66.